The predicted octanol–water partition coefficient (Wildman–Crippen LogP) is 2.55. The molecule has 2 N–H and O–H groups in total. The molecular weight excluding hydrogens is 305 g/mol. The van der Waals surface area contributed by atoms with E-state index in [2.05, 4.69) is 10.6 Å². The SMILES string of the molecule is Cn1cc(NCC2CCC(Cc3cccc(F)c3)CN2)ccc1=O. The van der Waals surface area contributed by atoms with Crippen LogP contribution in [0.4, 0.5) is 10.1 Å². The second-order valence-electron chi connectivity index (χ2n) is 6.63. The molecule has 1 aliphatic heterocycles. The number of aromatic nitrogens is 1. The fourth-order valence-corrected chi connectivity index (χ4v) is 3.26. The van der Waals surface area contributed by atoms with Gasteiger partial charge in [-0.2, -0.15) is 0 Å². The summed E-state index contributed by atoms with van der Waals surface area (Å²) in [5, 5.41) is 6.96. The molecule has 1 aromatic heterocycles. The van der Waals surface area contributed by atoms with E-state index in [4.69, 9.17) is 0 Å². The summed E-state index contributed by atoms with van der Waals surface area (Å²) in [6, 6.07) is 10.7. The number of halogens is 1. The number of hydrogen-bond donors (Lipinski definition) is 2. The van der Waals surface area contributed by atoms with E-state index >= 15 is 0 Å². The molecule has 2 atom stereocenters. The quantitative estimate of drug-likeness (QED) is 0.886. The van der Waals surface area contributed by atoms with Gasteiger partial charge in [-0.1, -0.05) is 12.1 Å². The highest BCUT2D eigenvalue weighted by Crippen LogP contribution is 2.20. The minimum Gasteiger partial charge on any atom is -0.382 e. The first-order valence-corrected chi connectivity index (χ1v) is 8.48. The number of benzene rings is 1. The highest BCUT2D eigenvalue weighted by molar-refractivity contribution is 5.40. The molecule has 0 bridgehead atoms. The van der Waals surface area contributed by atoms with Gasteiger partial charge in [-0.3, -0.25) is 4.79 Å². The minimum atomic E-state index is -0.157. The molecular formula is C19H24FN3O. The molecule has 4 nitrogen and oxygen atoms in total. The molecule has 1 aliphatic rings. The third kappa shape index (κ3) is 4.45. The molecule has 0 aliphatic carbocycles. The maximum absolute atomic E-state index is 13.3. The van der Waals surface area contributed by atoms with Gasteiger partial charge in [0, 0.05) is 31.9 Å². The Hall–Kier alpha value is -2.14. The zero-order valence-electron chi connectivity index (χ0n) is 14.0. The summed E-state index contributed by atoms with van der Waals surface area (Å²) in [6.45, 7) is 1.79. The number of rotatable bonds is 5. The van der Waals surface area contributed by atoms with E-state index in [1.807, 2.05) is 18.3 Å². The van der Waals surface area contributed by atoms with Crippen LogP contribution in [0.25, 0.3) is 0 Å². The maximum Gasteiger partial charge on any atom is 0.250 e. The molecule has 1 aromatic carbocycles. The highest BCUT2D eigenvalue weighted by Gasteiger charge is 2.20. The van der Waals surface area contributed by atoms with Crippen molar-refractivity contribution in [3.8, 4) is 0 Å². The van der Waals surface area contributed by atoms with Gasteiger partial charge in [0.15, 0.2) is 0 Å². The molecule has 2 unspecified atom stereocenters. The smallest absolute Gasteiger partial charge is 0.250 e. The normalized spacial score (nSPS) is 20.8. The Bertz CT molecular complexity index is 735. The second kappa shape index (κ2) is 7.62. The van der Waals surface area contributed by atoms with Crippen LogP contribution in [-0.4, -0.2) is 23.7 Å². The molecule has 1 saturated heterocycles. The number of anilines is 1. The van der Waals surface area contributed by atoms with Crippen LogP contribution in [0, 0.1) is 11.7 Å². The largest absolute Gasteiger partial charge is 0.382 e. The van der Waals surface area contributed by atoms with E-state index < -0.39 is 0 Å². The molecule has 2 aromatic rings. The van der Waals surface area contributed by atoms with Gasteiger partial charge < -0.3 is 15.2 Å². The third-order valence-corrected chi connectivity index (χ3v) is 4.67. The number of nitrogens with one attached hydrogen (secondary N) is 2. The van der Waals surface area contributed by atoms with Gasteiger partial charge in [0.05, 0.1) is 5.69 Å². The topological polar surface area (TPSA) is 46.1 Å². The monoisotopic (exact) mass is 329 g/mol. The van der Waals surface area contributed by atoms with Crippen LogP contribution in [0.5, 0.6) is 0 Å². The fraction of sp³-hybridized carbons (Fsp3) is 0.421. The Kier molecular flexibility index (Phi) is 5.30. The third-order valence-electron chi connectivity index (χ3n) is 4.67. The summed E-state index contributed by atoms with van der Waals surface area (Å²) >= 11 is 0. The van der Waals surface area contributed by atoms with Crippen LogP contribution in [0.15, 0.2) is 47.4 Å². The molecule has 0 saturated carbocycles. The van der Waals surface area contributed by atoms with Crippen LogP contribution in [-0.2, 0) is 13.5 Å². The molecule has 0 radical (unpaired) electrons. The first-order valence-electron chi connectivity index (χ1n) is 8.48. The Morgan fingerprint density at radius 3 is 2.88 bits per heavy atom. The van der Waals surface area contributed by atoms with E-state index in [0.717, 1.165) is 43.6 Å². The van der Waals surface area contributed by atoms with Crippen molar-refractivity contribution < 1.29 is 4.39 Å². The van der Waals surface area contributed by atoms with Crippen molar-refractivity contribution in [2.75, 3.05) is 18.4 Å². The number of pyridine rings is 1. The van der Waals surface area contributed by atoms with Gasteiger partial charge in [0.1, 0.15) is 5.82 Å². The number of piperidine rings is 1. The lowest BCUT2D eigenvalue weighted by molar-refractivity contribution is 0.316. The van der Waals surface area contributed by atoms with Gasteiger partial charge in [-0.25, -0.2) is 4.39 Å². The van der Waals surface area contributed by atoms with Crippen molar-refractivity contribution >= 4 is 5.69 Å². The molecule has 0 amide bonds. The average molecular weight is 329 g/mol. The van der Waals surface area contributed by atoms with Crippen molar-refractivity contribution in [3.63, 3.8) is 0 Å². The number of nitrogens with zero attached hydrogens (tertiary/aromatic N) is 1. The molecule has 3 rings (SSSR count). The molecule has 24 heavy (non-hydrogen) atoms. The van der Waals surface area contributed by atoms with E-state index in [-0.39, 0.29) is 11.4 Å². The first kappa shape index (κ1) is 16.7. The molecule has 1 fully saturated rings. The van der Waals surface area contributed by atoms with Crippen molar-refractivity contribution in [1.82, 2.24) is 9.88 Å². The van der Waals surface area contributed by atoms with E-state index in [9.17, 15) is 9.18 Å². The van der Waals surface area contributed by atoms with Crippen LogP contribution in [0.2, 0.25) is 0 Å². The minimum absolute atomic E-state index is 0.00321. The van der Waals surface area contributed by atoms with Gasteiger partial charge >= 0.3 is 0 Å². The van der Waals surface area contributed by atoms with Gasteiger partial charge in [0.25, 0.3) is 0 Å². The second-order valence-corrected chi connectivity index (χ2v) is 6.63. The zero-order chi connectivity index (χ0) is 16.9. The molecule has 2 heterocycles. The van der Waals surface area contributed by atoms with Crippen LogP contribution >= 0.6 is 0 Å². The number of aryl methyl sites for hydroxylation is 1. The van der Waals surface area contributed by atoms with Crippen molar-refractivity contribution in [1.29, 1.82) is 0 Å². The molecule has 128 valence electrons. The van der Waals surface area contributed by atoms with Crippen molar-refractivity contribution in [2.45, 2.75) is 25.3 Å². The van der Waals surface area contributed by atoms with Gasteiger partial charge in [-0.15, -0.1) is 0 Å². The fourth-order valence-electron chi connectivity index (χ4n) is 3.26. The predicted molar refractivity (Wildman–Crippen MR) is 94.8 cm³/mol. The zero-order valence-corrected chi connectivity index (χ0v) is 14.0. The summed E-state index contributed by atoms with van der Waals surface area (Å²) in [5.41, 5.74) is 2.03. The highest BCUT2D eigenvalue weighted by atomic mass is 19.1. The Labute approximate surface area is 141 Å². The summed E-state index contributed by atoms with van der Waals surface area (Å²) in [4.78, 5) is 11.4. The van der Waals surface area contributed by atoms with Crippen LogP contribution in [0.1, 0.15) is 18.4 Å². The summed E-state index contributed by atoms with van der Waals surface area (Å²) in [5.74, 6) is 0.399. The molecule has 0 spiro atoms. The lowest BCUT2D eigenvalue weighted by Crippen LogP contribution is -2.43. The van der Waals surface area contributed by atoms with Crippen LogP contribution in [0.3, 0.4) is 0 Å². The van der Waals surface area contributed by atoms with E-state index in [1.165, 1.54) is 6.07 Å². The van der Waals surface area contributed by atoms with Gasteiger partial charge in [-0.05, 0) is 55.5 Å². The molecule has 5 heteroatoms. The maximum atomic E-state index is 13.3. The van der Waals surface area contributed by atoms with Gasteiger partial charge in [0.2, 0.25) is 5.56 Å². The lowest BCUT2D eigenvalue weighted by Gasteiger charge is -2.30. The Morgan fingerprint density at radius 2 is 2.17 bits per heavy atom. The van der Waals surface area contributed by atoms with Crippen LogP contribution < -0.4 is 16.2 Å². The summed E-state index contributed by atoms with van der Waals surface area (Å²) in [7, 11) is 1.75. The number of hydrogen-bond acceptors (Lipinski definition) is 3. The standard InChI is InChI=1S/C19H24FN3O/c1-23-13-18(7-8-19(23)24)22-12-17-6-5-15(11-21-17)9-14-3-2-4-16(20)10-14/h2-4,7-8,10,13,15,17,21-22H,5-6,9,11-12H2,1H3. The van der Waals surface area contributed by atoms with E-state index in [0.29, 0.717) is 12.0 Å². The summed E-state index contributed by atoms with van der Waals surface area (Å²) < 4.78 is 14.8. The first-order chi connectivity index (χ1) is 11.6. The summed E-state index contributed by atoms with van der Waals surface area (Å²) in [6.07, 6.45) is 4.98. The van der Waals surface area contributed by atoms with Crippen molar-refractivity contribution in [2.24, 2.45) is 13.0 Å². The lowest BCUT2D eigenvalue weighted by atomic mass is 9.89. The Balaban J connectivity index is 1.45. The average Bonchev–Trinajstić information content (AvgIpc) is 2.57. The Morgan fingerprint density at radius 1 is 1.29 bits per heavy atom. The van der Waals surface area contributed by atoms with Crippen molar-refractivity contribution in [3.05, 3.63) is 64.3 Å². The van der Waals surface area contributed by atoms with E-state index in [1.54, 1.807) is 29.8 Å².